The van der Waals surface area contributed by atoms with Crippen molar-refractivity contribution in [2.45, 2.75) is 19.4 Å². The summed E-state index contributed by atoms with van der Waals surface area (Å²) in [6.45, 7) is 5.62. The Morgan fingerprint density at radius 1 is 1.43 bits per heavy atom. The van der Waals surface area contributed by atoms with Crippen LogP contribution in [0.3, 0.4) is 0 Å². The lowest BCUT2D eigenvalue weighted by Crippen LogP contribution is -2.41. The minimum atomic E-state index is 0.00242. The standard InChI is InChI=1S/C15H21N3O3/c1-2-18(12-5-6-16-8-12)9-15(19)17-11-3-4-13-14(7-11)21-10-20-13/h3-4,7,12,16H,2,5-6,8-10H2,1H3,(H,17,19). The normalized spacial score (nSPS) is 20.0. The fourth-order valence-corrected chi connectivity index (χ4v) is 2.81. The molecular weight excluding hydrogens is 270 g/mol. The number of nitrogens with one attached hydrogen (secondary N) is 2. The van der Waals surface area contributed by atoms with Gasteiger partial charge in [-0.05, 0) is 31.6 Å². The number of anilines is 1. The summed E-state index contributed by atoms with van der Waals surface area (Å²) in [4.78, 5) is 14.4. The maximum atomic E-state index is 12.2. The molecule has 1 aromatic rings. The molecule has 2 heterocycles. The molecule has 1 amide bonds. The highest BCUT2D eigenvalue weighted by Crippen LogP contribution is 2.34. The van der Waals surface area contributed by atoms with Gasteiger partial charge in [0.1, 0.15) is 0 Å². The lowest BCUT2D eigenvalue weighted by molar-refractivity contribution is -0.117. The number of ether oxygens (including phenoxy) is 2. The van der Waals surface area contributed by atoms with Gasteiger partial charge in [0.05, 0.1) is 6.54 Å². The van der Waals surface area contributed by atoms with E-state index in [1.807, 2.05) is 12.1 Å². The monoisotopic (exact) mass is 291 g/mol. The van der Waals surface area contributed by atoms with E-state index in [4.69, 9.17) is 9.47 Å². The average molecular weight is 291 g/mol. The summed E-state index contributed by atoms with van der Waals surface area (Å²) in [6, 6.07) is 5.90. The maximum absolute atomic E-state index is 12.2. The molecule has 2 aliphatic heterocycles. The number of likely N-dealkylation sites (N-methyl/N-ethyl adjacent to an activating group) is 1. The fourth-order valence-electron chi connectivity index (χ4n) is 2.81. The molecule has 2 N–H and O–H groups in total. The number of carbonyl (C=O) groups is 1. The van der Waals surface area contributed by atoms with E-state index < -0.39 is 0 Å². The molecule has 0 spiro atoms. The molecule has 0 bridgehead atoms. The van der Waals surface area contributed by atoms with Crippen LogP contribution in [0, 0.1) is 0 Å². The van der Waals surface area contributed by atoms with Crippen molar-refractivity contribution in [3.05, 3.63) is 18.2 Å². The van der Waals surface area contributed by atoms with Gasteiger partial charge in [0.2, 0.25) is 12.7 Å². The van der Waals surface area contributed by atoms with E-state index in [2.05, 4.69) is 22.5 Å². The summed E-state index contributed by atoms with van der Waals surface area (Å²) in [5, 5.41) is 6.26. The summed E-state index contributed by atoms with van der Waals surface area (Å²) in [5.74, 6) is 1.41. The van der Waals surface area contributed by atoms with Gasteiger partial charge in [-0.1, -0.05) is 6.92 Å². The van der Waals surface area contributed by atoms with Crippen molar-refractivity contribution in [2.75, 3.05) is 38.3 Å². The smallest absolute Gasteiger partial charge is 0.238 e. The molecule has 1 atom stereocenters. The van der Waals surface area contributed by atoms with Gasteiger partial charge in [-0.2, -0.15) is 0 Å². The molecule has 1 fully saturated rings. The van der Waals surface area contributed by atoms with Crippen molar-refractivity contribution in [3.63, 3.8) is 0 Å². The molecule has 0 saturated carbocycles. The first-order valence-corrected chi connectivity index (χ1v) is 7.40. The third-order valence-corrected chi connectivity index (χ3v) is 3.96. The third-order valence-electron chi connectivity index (χ3n) is 3.96. The van der Waals surface area contributed by atoms with E-state index in [0.717, 1.165) is 37.5 Å². The van der Waals surface area contributed by atoms with Gasteiger partial charge in [-0.3, -0.25) is 9.69 Å². The Morgan fingerprint density at radius 3 is 3.05 bits per heavy atom. The molecule has 0 aliphatic carbocycles. The zero-order chi connectivity index (χ0) is 14.7. The lowest BCUT2D eigenvalue weighted by atomic mass is 10.2. The summed E-state index contributed by atoms with van der Waals surface area (Å²) in [6.07, 6.45) is 1.10. The molecule has 1 unspecified atom stereocenters. The molecule has 1 aromatic carbocycles. The Kier molecular flexibility index (Phi) is 4.26. The van der Waals surface area contributed by atoms with Gasteiger partial charge in [0.15, 0.2) is 11.5 Å². The highest BCUT2D eigenvalue weighted by Gasteiger charge is 2.23. The molecule has 0 radical (unpaired) electrons. The van der Waals surface area contributed by atoms with Gasteiger partial charge in [0, 0.05) is 24.3 Å². The second kappa shape index (κ2) is 6.32. The van der Waals surface area contributed by atoms with Crippen LogP contribution in [0.25, 0.3) is 0 Å². The first kappa shape index (κ1) is 14.2. The number of carbonyl (C=O) groups excluding carboxylic acids is 1. The molecule has 2 aliphatic rings. The van der Waals surface area contributed by atoms with Gasteiger partial charge >= 0.3 is 0 Å². The summed E-state index contributed by atoms with van der Waals surface area (Å²) >= 11 is 0. The first-order valence-electron chi connectivity index (χ1n) is 7.40. The number of nitrogens with zero attached hydrogens (tertiary/aromatic N) is 1. The van der Waals surface area contributed by atoms with E-state index >= 15 is 0 Å². The Hall–Kier alpha value is -1.79. The Morgan fingerprint density at radius 2 is 2.29 bits per heavy atom. The van der Waals surface area contributed by atoms with Gasteiger partial charge in [-0.25, -0.2) is 0 Å². The van der Waals surface area contributed by atoms with Crippen LogP contribution in [0.15, 0.2) is 18.2 Å². The van der Waals surface area contributed by atoms with Crippen LogP contribution >= 0.6 is 0 Å². The number of hydrogen-bond acceptors (Lipinski definition) is 5. The molecule has 0 aromatic heterocycles. The summed E-state index contributed by atoms with van der Waals surface area (Å²) in [7, 11) is 0. The van der Waals surface area contributed by atoms with E-state index in [1.165, 1.54) is 0 Å². The van der Waals surface area contributed by atoms with Crippen molar-refractivity contribution in [1.29, 1.82) is 0 Å². The largest absolute Gasteiger partial charge is 0.454 e. The number of fused-ring (bicyclic) bond motifs is 1. The van der Waals surface area contributed by atoms with Crippen molar-refractivity contribution >= 4 is 11.6 Å². The van der Waals surface area contributed by atoms with Crippen LogP contribution in [0.5, 0.6) is 11.5 Å². The number of hydrogen-bond donors (Lipinski definition) is 2. The molecule has 114 valence electrons. The fraction of sp³-hybridized carbons (Fsp3) is 0.533. The molecule has 21 heavy (non-hydrogen) atoms. The molecule has 3 rings (SSSR count). The highest BCUT2D eigenvalue weighted by atomic mass is 16.7. The topological polar surface area (TPSA) is 62.8 Å². The zero-order valence-corrected chi connectivity index (χ0v) is 12.2. The van der Waals surface area contributed by atoms with Crippen molar-refractivity contribution in [2.24, 2.45) is 0 Å². The predicted octanol–water partition coefficient (Wildman–Crippen LogP) is 1.04. The Bertz CT molecular complexity index is 515. The maximum Gasteiger partial charge on any atom is 0.238 e. The van der Waals surface area contributed by atoms with E-state index in [9.17, 15) is 4.79 Å². The third kappa shape index (κ3) is 3.28. The molecule has 6 heteroatoms. The van der Waals surface area contributed by atoms with Crippen LogP contribution in [0.4, 0.5) is 5.69 Å². The van der Waals surface area contributed by atoms with Crippen LogP contribution in [0.1, 0.15) is 13.3 Å². The second-order valence-electron chi connectivity index (χ2n) is 5.33. The Labute approximate surface area is 124 Å². The lowest BCUT2D eigenvalue weighted by Gasteiger charge is -2.26. The van der Waals surface area contributed by atoms with Crippen LogP contribution in [0.2, 0.25) is 0 Å². The van der Waals surface area contributed by atoms with Crippen molar-refractivity contribution in [1.82, 2.24) is 10.2 Å². The summed E-state index contributed by atoms with van der Waals surface area (Å²) in [5.41, 5.74) is 0.741. The van der Waals surface area contributed by atoms with Crippen LogP contribution in [-0.2, 0) is 4.79 Å². The quantitative estimate of drug-likeness (QED) is 0.848. The molecule has 1 saturated heterocycles. The van der Waals surface area contributed by atoms with E-state index in [0.29, 0.717) is 18.3 Å². The molecule has 6 nitrogen and oxygen atoms in total. The van der Waals surface area contributed by atoms with Gasteiger partial charge < -0.3 is 20.1 Å². The number of rotatable bonds is 5. The van der Waals surface area contributed by atoms with Gasteiger partial charge in [-0.15, -0.1) is 0 Å². The van der Waals surface area contributed by atoms with E-state index in [1.54, 1.807) is 6.07 Å². The molecular formula is C15H21N3O3. The van der Waals surface area contributed by atoms with Crippen LogP contribution < -0.4 is 20.1 Å². The highest BCUT2D eigenvalue weighted by molar-refractivity contribution is 5.92. The van der Waals surface area contributed by atoms with Gasteiger partial charge in [0.25, 0.3) is 0 Å². The van der Waals surface area contributed by atoms with Crippen molar-refractivity contribution in [3.8, 4) is 11.5 Å². The minimum absolute atomic E-state index is 0.00242. The second-order valence-corrected chi connectivity index (χ2v) is 5.33. The average Bonchev–Trinajstić information content (AvgIpc) is 3.15. The zero-order valence-electron chi connectivity index (χ0n) is 12.2. The first-order chi connectivity index (χ1) is 10.3. The van der Waals surface area contributed by atoms with Crippen LogP contribution in [-0.4, -0.2) is 49.8 Å². The number of amides is 1. The SMILES string of the molecule is CCN(CC(=O)Nc1ccc2c(c1)OCO2)C1CCNC1. The van der Waals surface area contributed by atoms with E-state index in [-0.39, 0.29) is 12.7 Å². The van der Waals surface area contributed by atoms with Crippen molar-refractivity contribution < 1.29 is 14.3 Å². The predicted molar refractivity (Wildman–Crippen MR) is 79.7 cm³/mol. The minimum Gasteiger partial charge on any atom is -0.454 e. The Balaban J connectivity index is 1.58. The number of benzene rings is 1. The summed E-state index contributed by atoms with van der Waals surface area (Å²) < 4.78 is 10.6.